The molecule has 0 saturated carbocycles. The maximum atomic E-state index is 14.8. The van der Waals surface area contributed by atoms with E-state index in [1.165, 1.54) is 5.01 Å². The molecule has 1 spiro atoms. The van der Waals surface area contributed by atoms with E-state index in [1.54, 1.807) is 25.4 Å². The van der Waals surface area contributed by atoms with Gasteiger partial charge in [-0.1, -0.05) is 39.8 Å². The van der Waals surface area contributed by atoms with Gasteiger partial charge in [0.05, 0.1) is 36.2 Å². The number of piperidine rings is 1. The molecule has 9 rings (SSSR count). The molecule has 0 radical (unpaired) electrons. The Morgan fingerprint density at radius 2 is 1.82 bits per heavy atom. The predicted octanol–water partition coefficient (Wildman–Crippen LogP) is 5.37. The van der Waals surface area contributed by atoms with Gasteiger partial charge in [-0.3, -0.25) is 34.1 Å². The molecule has 6 bridgehead atoms. The van der Waals surface area contributed by atoms with Crippen LogP contribution in [0, 0.1) is 16.7 Å². The summed E-state index contributed by atoms with van der Waals surface area (Å²) in [5.41, 5.74) is 9.90. The van der Waals surface area contributed by atoms with Gasteiger partial charge in [-0.05, 0) is 117 Å². The van der Waals surface area contributed by atoms with E-state index >= 15 is 0 Å². The second-order valence-electron chi connectivity index (χ2n) is 21.0. The van der Waals surface area contributed by atoms with E-state index in [-0.39, 0.29) is 60.0 Å². The first-order valence-corrected chi connectivity index (χ1v) is 24.3. The predicted molar refractivity (Wildman–Crippen MR) is 256 cm³/mol. The maximum absolute atomic E-state index is 14.8. The van der Waals surface area contributed by atoms with Gasteiger partial charge in [0, 0.05) is 86.3 Å². The lowest BCUT2D eigenvalue weighted by molar-refractivity contribution is -0.155. The number of fused-ring (bicyclic) bond motifs is 6. The van der Waals surface area contributed by atoms with Gasteiger partial charge in [-0.15, -0.1) is 0 Å². The van der Waals surface area contributed by atoms with E-state index in [0.29, 0.717) is 57.5 Å². The third-order valence-corrected chi connectivity index (χ3v) is 14.7. The number of nitrogens with zero attached hydrogens (tertiary/aromatic N) is 5. The van der Waals surface area contributed by atoms with Gasteiger partial charge < -0.3 is 34.7 Å². The van der Waals surface area contributed by atoms with Crippen molar-refractivity contribution >= 4 is 34.6 Å². The van der Waals surface area contributed by atoms with Gasteiger partial charge in [0.15, 0.2) is 0 Å². The number of hydrogen-bond acceptors (Lipinski definition) is 11. The van der Waals surface area contributed by atoms with E-state index in [0.717, 1.165) is 70.5 Å². The number of aromatic nitrogens is 2. The molecule has 5 aliphatic heterocycles. The van der Waals surface area contributed by atoms with Gasteiger partial charge in [0.1, 0.15) is 17.8 Å². The molecule has 2 aromatic heterocycles. The van der Waals surface area contributed by atoms with E-state index in [2.05, 4.69) is 70.6 Å². The van der Waals surface area contributed by atoms with Gasteiger partial charge >= 0.3 is 5.97 Å². The Morgan fingerprint density at radius 3 is 2.55 bits per heavy atom. The first-order chi connectivity index (χ1) is 32.1. The molecular weight excluding hydrogens is 849 g/mol. The van der Waals surface area contributed by atoms with Crippen molar-refractivity contribution < 1.29 is 33.8 Å². The molecule has 67 heavy (non-hydrogen) atoms. The number of methoxy groups -OCH3 is 1. The second kappa shape index (κ2) is 18.6. The molecule has 15 heteroatoms. The fourth-order valence-corrected chi connectivity index (χ4v) is 11.3. The van der Waals surface area contributed by atoms with Crippen molar-refractivity contribution in [2.75, 3.05) is 53.0 Å². The van der Waals surface area contributed by atoms with Gasteiger partial charge in [0.25, 0.3) is 5.91 Å². The van der Waals surface area contributed by atoms with Crippen LogP contribution in [0.5, 0.6) is 5.75 Å². The number of hydrogen-bond donors (Lipinski definition) is 4. The molecule has 358 valence electrons. The summed E-state index contributed by atoms with van der Waals surface area (Å²) < 4.78 is 14.3. The zero-order chi connectivity index (χ0) is 47.4. The number of cyclic esters (lactones) is 1. The Bertz CT molecular complexity index is 2540. The van der Waals surface area contributed by atoms with Crippen LogP contribution in [-0.4, -0.2) is 130 Å². The minimum atomic E-state index is -1.02. The standard InChI is InChI=1S/C52H68N8O7/c1-8-59-43-15-14-34-24-38(43)39(46(59)37-12-9-17-53-44(37)32(4)66-7)25-51(5,6)30-67-50(65)40-13-10-19-60(56-40)49(64)41(22-33-20-35(34)23-36(61)21-33)55-47(62)45(31(2)3)57-18-11-16-52(27-57)28-58(29-52)48(63)42-26-54-42/h9,12,14-15,17,20-21,23-24,31-32,40-42,45,54,56,61H,8,10-11,13,16,18-19,22,25-30H2,1-7H3,(H,55,62)/t32-,40-,41-,42-,45?/m0/s1. The molecule has 5 aliphatic rings. The first kappa shape index (κ1) is 46.7. The molecule has 2 aromatic carbocycles. The van der Waals surface area contributed by atoms with Crippen LogP contribution in [0.15, 0.2) is 54.7 Å². The molecule has 0 aliphatic carbocycles. The summed E-state index contributed by atoms with van der Waals surface area (Å²) in [5.74, 6) is -0.914. The van der Waals surface area contributed by atoms with Crippen LogP contribution in [0.2, 0.25) is 0 Å². The van der Waals surface area contributed by atoms with Crippen LogP contribution in [0.25, 0.3) is 33.3 Å². The third-order valence-electron chi connectivity index (χ3n) is 14.7. The monoisotopic (exact) mass is 917 g/mol. The highest BCUT2D eigenvalue weighted by atomic mass is 16.5. The summed E-state index contributed by atoms with van der Waals surface area (Å²) >= 11 is 0. The number of phenols is 1. The highest BCUT2D eigenvalue weighted by Crippen LogP contribution is 2.43. The number of amides is 3. The van der Waals surface area contributed by atoms with Crippen molar-refractivity contribution in [2.45, 2.75) is 117 Å². The Balaban J connectivity index is 1.09. The zero-order valence-corrected chi connectivity index (χ0v) is 40.2. The van der Waals surface area contributed by atoms with Crippen molar-refractivity contribution in [3.8, 4) is 28.1 Å². The molecule has 4 aromatic rings. The minimum Gasteiger partial charge on any atom is -0.508 e. The van der Waals surface area contributed by atoms with Crippen molar-refractivity contribution in [1.29, 1.82) is 0 Å². The zero-order valence-electron chi connectivity index (χ0n) is 40.2. The SMILES string of the molecule is CCn1c(-c2cccnc2[C@H](C)OC)c2c3cc(ccc31)-c1cc(O)cc(c1)C[C@H](NC(=O)C(C(C)C)N1CCCC3(CN(C(=O)[C@@H]4CN4)C3)C1)C(=O)N1CCC[C@H](N1)C(=O)OCC(C)(C)C2. The number of carbonyl (C=O) groups excluding carboxylic acids is 4. The number of aryl methyl sites for hydroxylation is 1. The lowest BCUT2D eigenvalue weighted by Gasteiger charge is -2.56. The number of hydrazine groups is 1. The summed E-state index contributed by atoms with van der Waals surface area (Å²) in [5, 5.41) is 20.2. The highest BCUT2D eigenvalue weighted by molar-refractivity contribution is 5.96. The van der Waals surface area contributed by atoms with E-state index in [1.807, 2.05) is 37.8 Å². The quantitative estimate of drug-likeness (QED) is 0.125. The number of carbonyl (C=O) groups is 4. The molecule has 7 heterocycles. The fraction of sp³-hybridized carbons (Fsp3) is 0.558. The first-order valence-electron chi connectivity index (χ1n) is 24.3. The summed E-state index contributed by atoms with van der Waals surface area (Å²) in [6.45, 7) is 17.1. The number of phenolic OH excluding ortho intramolecular Hbond substituents is 1. The van der Waals surface area contributed by atoms with Gasteiger partial charge in [-0.2, -0.15) is 0 Å². The number of benzene rings is 2. The normalized spacial score (nSPS) is 23.9. The fourth-order valence-electron chi connectivity index (χ4n) is 11.3. The Labute approximate surface area is 393 Å². The number of pyridine rings is 1. The van der Waals surface area contributed by atoms with Crippen LogP contribution >= 0.6 is 0 Å². The number of ether oxygens (including phenoxy) is 2. The maximum Gasteiger partial charge on any atom is 0.324 e. The van der Waals surface area contributed by atoms with Crippen LogP contribution < -0.4 is 16.1 Å². The molecule has 4 N–H and O–H groups in total. The Morgan fingerprint density at radius 1 is 1.03 bits per heavy atom. The summed E-state index contributed by atoms with van der Waals surface area (Å²) in [6.07, 6.45) is 5.15. The number of aromatic hydroxyl groups is 1. The number of likely N-dealkylation sites (tertiary alicyclic amines) is 2. The average molecular weight is 917 g/mol. The summed E-state index contributed by atoms with van der Waals surface area (Å²) in [7, 11) is 1.69. The van der Waals surface area contributed by atoms with Crippen molar-refractivity contribution in [1.82, 2.24) is 40.4 Å². The van der Waals surface area contributed by atoms with Gasteiger partial charge in [0.2, 0.25) is 11.8 Å². The van der Waals surface area contributed by atoms with Crippen LogP contribution in [0.1, 0.15) is 90.2 Å². The van der Waals surface area contributed by atoms with Crippen molar-refractivity contribution in [3.63, 3.8) is 0 Å². The Hall–Kier alpha value is -5.35. The van der Waals surface area contributed by atoms with Crippen LogP contribution in [0.4, 0.5) is 0 Å². The Kier molecular flexibility index (Phi) is 13.0. The third kappa shape index (κ3) is 9.44. The summed E-state index contributed by atoms with van der Waals surface area (Å²) in [4.78, 5) is 65.4. The van der Waals surface area contributed by atoms with Crippen molar-refractivity contribution in [2.24, 2.45) is 16.7 Å². The molecule has 3 amide bonds. The lowest BCUT2D eigenvalue weighted by atomic mass is 9.72. The highest BCUT2D eigenvalue weighted by Gasteiger charge is 2.51. The van der Waals surface area contributed by atoms with Crippen molar-refractivity contribution in [3.05, 3.63) is 71.5 Å². The molecule has 4 fully saturated rings. The number of esters is 1. The lowest BCUT2D eigenvalue weighted by Crippen LogP contribution is -2.67. The molecular formula is C52H68N8O7. The van der Waals surface area contributed by atoms with E-state index in [9.17, 15) is 24.3 Å². The molecule has 4 saturated heterocycles. The number of nitrogens with one attached hydrogen (secondary N) is 3. The van der Waals surface area contributed by atoms with Crippen LogP contribution in [0.3, 0.4) is 0 Å². The second-order valence-corrected chi connectivity index (χ2v) is 21.0. The average Bonchev–Trinajstić information content (AvgIpc) is 4.11. The smallest absolute Gasteiger partial charge is 0.324 e. The topological polar surface area (TPSA) is 181 Å². The summed E-state index contributed by atoms with van der Waals surface area (Å²) in [6, 6.07) is 13.4. The molecule has 5 atom stereocenters. The molecule has 15 nitrogen and oxygen atoms in total. The van der Waals surface area contributed by atoms with E-state index < -0.39 is 29.5 Å². The van der Waals surface area contributed by atoms with E-state index in [4.69, 9.17) is 14.5 Å². The van der Waals surface area contributed by atoms with Crippen LogP contribution in [-0.2, 0) is 48.0 Å². The largest absolute Gasteiger partial charge is 0.508 e. The van der Waals surface area contributed by atoms with Gasteiger partial charge in [-0.25, -0.2) is 5.43 Å². The minimum absolute atomic E-state index is 0.0457. The number of rotatable bonds is 9. The molecule has 1 unspecified atom stereocenters.